The Morgan fingerprint density at radius 3 is 2.55 bits per heavy atom. The van der Waals surface area contributed by atoms with Gasteiger partial charge >= 0.3 is 0 Å². The third-order valence-corrected chi connectivity index (χ3v) is 4.89. The van der Waals surface area contributed by atoms with E-state index in [2.05, 4.69) is 10.4 Å². The lowest BCUT2D eigenvalue weighted by Crippen LogP contribution is -2.25. The van der Waals surface area contributed by atoms with E-state index in [1.54, 1.807) is 29.8 Å². The van der Waals surface area contributed by atoms with Gasteiger partial charge in [0.2, 0.25) is 5.91 Å². The van der Waals surface area contributed by atoms with Crippen LogP contribution in [-0.4, -0.2) is 15.7 Å². The number of fused-ring (bicyclic) bond motifs is 1. The van der Waals surface area contributed by atoms with Crippen molar-refractivity contribution in [2.75, 3.05) is 5.32 Å². The molecule has 1 heterocycles. The summed E-state index contributed by atoms with van der Waals surface area (Å²) in [6.45, 7) is 1.66. The summed E-state index contributed by atoms with van der Waals surface area (Å²) in [6, 6.07) is 17.1. The van der Waals surface area contributed by atoms with Crippen LogP contribution in [0.4, 0.5) is 14.5 Å². The molecule has 29 heavy (non-hydrogen) atoms. The van der Waals surface area contributed by atoms with Crippen molar-refractivity contribution in [3.63, 3.8) is 0 Å². The highest BCUT2D eigenvalue weighted by atomic mass is 35.5. The summed E-state index contributed by atoms with van der Waals surface area (Å²) >= 11 is 6.18. The number of halogens is 3. The molecule has 0 saturated heterocycles. The molecule has 1 amide bonds. The van der Waals surface area contributed by atoms with E-state index in [-0.39, 0.29) is 5.69 Å². The van der Waals surface area contributed by atoms with Crippen molar-refractivity contribution in [3.05, 3.63) is 83.4 Å². The number of nitrogens with zero attached hydrogens (tertiary/aromatic N) is 2. The minimum absolute atomic E-state index is 0.0916. The van der Waals surface area contributed by atoms with Crippen molar-refractivity contribution >= 4 is 34.1 Å². The lowest BCUT2D eigenvalue weighted by atomic mass is 10.1. The van der Waals surface area contributed by atoms with Crippen molar-refractivity contribution in [1.29, 1.82) is 0 Å². The van der Waals surface area contributed by atoms with Gasteiger partial charge in [0, 0.05) is 22.0 Å². The van der Waals surface area contributed by atoms with Gasteiger partial charge in [-0.3, -0.25) is 9.48 Å². The van der Waals surface area contributed by atoms with Crippen LogP contribution < -0.4 is 5.32 Å². The van der Waals surface area contributed by atoms with Crippen molar-refractivity contribution in [3.8, 4) is 11.3 Å². The molecule has 0 aliphatic heterocycles. The first kappa shape index (κ1) is 19.1. The maximum atomic E-state index is 13.9. The van der Waals surface area contributed by atoms with Gasteiger partial charge in [-0.2, -0.15) is 5.10 Å². The van der Waals surface area contributed by atoms with Crippen LogP contribution in [0.2, 0.25) is 5.02 Å². The average Bonchev–Trinajstić information content (AvgIpc) is 3.08. The van der Waals surface area contributed by atoms with Crippen LogP contribution in [0.15, 0.2) is 66.7 Å². The Bertz CT molecular complexity index is 1210. The fourth-order valence-corrected chi connectivity index (χ4v) is 3.33. The summed E-state index contributed by atoms with van der Waals surface area (Å²) in [5, 5.41) is 8.49. The van der Waals surface area contributed by atoms with E-state index >= 15 is 0 Å². The molecule has 1 unspecified atom stereocenters. The molecule has 0 saturated carbocycles. The third-order valence-electron chi connectivity index (χ3n) is 4.65. The summed E-state index contributed by atoms with van der Waals surface area (Å²) in [4.78, 5) is 12.7. The summed E-state index contributed by atoms with van der Waals surface area (Å²) in [5.41, 5.74) is 2.20. The highest BCUT2D eigenvalue weighted by Crippen LogP contribution is 2.32. The smallest absolute Gasteiger partial charge is 0.249 e. The first-order valence-corrected chi connectivity index (χ1v) is 9.31. The number of hydrogen-bond donors (Lipinski definition) is 1. The number of hydrogen-bond acceptors (Lipinski definition) is 2. The van der Waals surface area contributed by atoms with Gasteiger partial charge in [-0.25, -0.2) is 8.78 Å². The molecule has 0 fully saturated rings. The molecule has 4 aromatic rings. The summed E-state index contributed by atoms with van der Waals surface area (Å²) in [7, 11) is 0. The largest absolute Gasteiger partial charge is 0.322 e. The van der Waals surface area contributed by atoms with Crippen LogP contribution in [0.3, 0.4) is 0 Å². The molecule has 0 aliphatic rings. The first-order valence-electron chi connectivity index (χ1n) is 8.93. The van der Waals surface area contributed by atoms with Gasteiger partial charge in [-0.05, 0) is 37.3 Å². The van der Waals surface area contributed by atoms with Crippen LogP contribution in [0, 0.1) is 11.6 Å². The fourth-order valence-electron chi connectivity index (χ4n) is 3.16. The molecule has 1 atom stereocenters. The Kier molecular flexibility index (Phi) is 5.03. The maximum Gasteiger partial charge on any atom is 0.249 e. The van der Waals surface area contributed by atoms with Gasteiger partial charge in [-0.1, -0.05) is 41.9 Å². The normalized spacial score (nSPS) is 12.1. The second-order valence-corrected chi connectivity index (χ2v) is 7.05. The molecule has 0 radical (unpaired) electrons. The van der Waals surface area contributed by atoms with E-state index in [1.807, 2.05) is 30.3 Å². The van der Waals surface area contributed by atoms with E-state index in [0.717, 1.165) is 28.6 Å². The summed E-state index contributed by atoms with van der Waals surface area (Å²) in [6.07, 6.45) is 0. The number of carbonyl (C=O) groups excluding carboxylic acids is 1. The highest BCUT2D eigenvalue weighted by molar-refractivity contribution is 6.31. The van der Waals surface area contributed by atoms with Crippen molar-refractivity contribution in [1.82, 2.24) is 9.78 Å². The Morgan fingerprint density at radius 2 is 1.83 bits per heavy atom. The van der Waals surface area contributed by atoms with E-state index in [0.29, 0.717) is 10.7 Å². The van der Waals surface area contributed by atoms with Gasteiger partial charge in [0.1, 0.15) is 23.4 Å². The molecule has 0 aliphatic carbocycles. The van der Waals surface area contributed by atoms with E-state index in [9.17, 15) is 13.6 Å². The highest BCUT2D eigenvalue weighted by Gasteiger charge is 2.22. The second kappa shape index (κ2) is 7.64. The van der Waals surface area contributed by atoms with Crippen molar-refractivity contribution < 1.29 is 13.6 Å². The first-order chi connectivity index (χ1) is 13.9. The number of nitrogens with one attached hydrogen (secondary N) is 1. The molecule has 146 valence electrons. The molecule has 0 bridgehead atoms. The zero-order valence-electron chi connectivity index (χ0n) is 15.4. The standard InChI is InChI=1S/C22H16ClF2N3O/c1-13(22(29)26-19-9-8-16(24)12-18(19)25)28-20-10-7-15(23)11-17(20)21(27-28)14-5-3-2-4-6-14/h2-13H,1H3,(H,26,29). The summed E-state index contributed by atoms with van der Waals surface area (Å²) < 4.78 is 28.6. The number of rotatable bonds is 4. The topological polar surface area (TPSA) is 46.9 Å². The molecular formula is C22H16ClF2N3O. The van der Waals surface area contributed by atoms with Crippen molar-refractivity contribution in [2.45, 2.75) is 13.0 Å². The Morgan fingerprint density at radius 1 is 1.07 bits per heavy atom. The minimum Gasteiger partial charge on any atom is -0.322 e. The van der Waals surface area contributed by atoms with Crippen LogP contribution in [-0.2, 0) is 4.79 Å². The van der Waals surface area contributed by atoms with E-state index in [1.165, 1.54) is 6.07 Å². The van der Waals surface area contributed by atoms with Gasteiger partial charge in [0.25, 0.3) is 0 Å². The quantitative estimate of drug-likeness (QED) is 0.459. The molecule has 3 aromatic carbocycles. The monoisotopic (exact) mass is 411 g/mol. The van der Waals surface area contributed by atoms with Gasteiger partial charge in [0.05, 0.1) is 11.2 Å². The molecule has 0 spiro atoms. The van der Waals surface area contributed by atoms with Crippen LogP contribution >= 0.6 is 11.6 Å². The Balaban J connectivity index is 1.74. The predicted molar refractivity (Wildman–Crippen MR) is 110 cm³/mol. The van der Waals surface area contributed by atoms with Crippen LogP contribution in [0.1, 0.15) is 13.0 Å². The maximum absolute atomic E-state index is 13.9. The van der Waals surface area contributed by atoms with Gasteiger partial charge in [-0.15, -0.1) is 0 Å². The zero-order valence-corrected chi connectivity index (χ0v) is 16.1. The molecule has 7 heteroatoms. The Hall–Kier alpha value is -3.25. The number of anilines is 1. The minimum atomic E-state index is -0.840. The molecule has 1 aromatic heterocycles. The predicted octanol–water partition coefficient (Wildman–Crippen LogP) is 5.83. The lowest BCUT2D eigenvalue weighted by molar-refractivity contribution is -0.119. The molecule has 4 rings (SSSR count). The number of benzene rings is 3. The third kappa shape index (κ3) is 3.71. The molecule has 1 N–H and O–H groups in total. The number of amides is 1. The van der Waals surface area contributed by atoms with Gasteiger partial charge < -0.3 is 5.32 Å². The number of aromatic nitrogens is 2. The molecular weight excluding hydrogens is 396 g/mol. The van der Waals surface area contributed by atoms with E-state index in [4.69, 9.17) is 11.6 Å². The Labute approximate surface area is 170 Å². The SMILES string of the molecule is CC(C(=O)Nc1ccc(F)cc1F)n1nc(-c2ccccc2)c2cc(Cl)ccc21. The van der Waals surface area contributed by atoms with Crippen molar-refractivity contribution in [2.24, 2.45) is 0 Å². The fraction of sp³-hybridized carbons (Fsp3) is 0.0909. The van der Waals surface area contributed by atoms with Gasteiger partial charge in [0.15, 0.2) is 0 Å². The average molecular weight is 412 g/mol. The van der Waals surface area contributed by atoms with Crippen LogP contribution in [0.5, 0.6) is 0 Å². The van der Waals surface area contributed by atoms with E-state index < -0.39 is 23.6 Å². The lowest BCUT2D eigenvalue weighted by Gasteiger charge is -2.14. The van der Waals surface area contributed by atoms with Crippen LogP contribution in [0.25, 0.3) is 22.2 Å². The summed E-state index contributed by atoms with van der Waals surface area (Å²) in [5.74, 6) is -2.03. The zero-order chi connectivity index (χ0) is 20.5. The molecule has 4 nitrogen and oxygen atoms in total. The number of carbonyl (C=O) groups is 1. The second-order valence-electron chi connectivity index (χ2n) is 6.61.